The summed E-state index contributed by atoms with van der Waals surface area (Å²) < 4.78 is 17.1. The number of hydrogen-bond acceptors (Lipinski definition) is 3. The maximum atomic E-state index is 5.91. The summed E-state index contributed by atoms with van der Waals surface area (Å²) in [6.45, 7) is 10.1. The first-order valence-electron chi connectivity index (χ1n) is 5.45. The lowest BCUT2D eigenvalue weighted by molar-refractivity contribution is -0.329. The molecule has 0 saturated carbocycles. The first kappa shape index (κ1) is 10.4. The molecule has 0 amide bonds. The molecule has 2 rings (SSSR count). The van der Waals surface area contributed by atoms with Crippen LogP contribution in [0.2, 0.25) is 0 Å². The lowest BCUT2D eigenvalue weighted by Crippen LogP contribution is -2.61. The molecule has 0 aliphatic carbocycles. The Morgan fingerprint density at radius 1 is 1.07 bits per heavy atom. The van der Waals surface area contributed by atoms with Gasteiger partial charge in [0.1, 0.15) is 6.10 Å². The van der Waals surface area contributed by atoms with Crippen molar-refractivity contribution in [1.29, 1.82) is 0 Å². The van der Waals surface area contributed by atoms with E-state index in [2.05, 4.69) is 20.8 Å². The summed E-state index contributed by atoms with van der Waals surface area (Å²) in [5.74, 6) is 1.08. The molecule has 0 bridgehead atoms. The topological polar surface area (TPSA) is 27.7 Å². The summed E-state index contributed by atoms with van der Waals surface area (Å²) >= 11 is 0. The van der Waals surface area contributed by atoms with E-state index in [1.807, 2.05) is 6.92 Å². The molecule has 0 aromatic heterocycles. The van der Waals surface area contributed by atoms with E-state index in [4.69, 9.17) is 14.2 Å². The van der Waals surface area contributed by atoms with Crippen LogP contribution in [-0.4, -0.2) is 31.2 Å². The zero-order valence-electron chi connectivity index (χ0n) is 9.45. The van der Waals surface area contributed by atoms with Gasteiger partial charge < -0.3 is 14.2 Å². The van der Waals surface area contributed by atoms with Gasteiger partial charge in [0.25, 0.3) is 0 Å². The molecule has 0 radical (unpaired) electrons. The fourth-order valence-corrected chi connectivity index (χ4v) is 2.45. The summed E-state index contributed by atoms with van der Waals surface area (Å²) in [5, 5.41) is 0. The predicted molar refractivity (Wildman–Crippen MR) is 53.0 cm³/mol. The molecule has 2 heterocycles. The quantitative estimate of drug-likeness (QED) is 0.597. The van der Waals surface area contributed by atoms with Gasteiger partial charge in [-0.2, -0.15) is 0 Å². The molecule has 2 aliphatic heterocycles. The number of fused-ring (bicyclic) bond motifs is 1. The molecule has 3 nitrogen and oxygen atoms in total. The van der Waals surface area contributed by atoms with Gasteiger partial charge in [-0.05, 0) is 25.7 Å². The highest BCUT2D eigenvalue weighted by Crippen LogP contribution is 2.40. The van der Waals surface area contributed by atoms with Crippen LogP contribution in [0.15, 0.2) is 0 Å². The lowest BCUT2D eigenvalue weighted by atomic mass is 9.75. The molecular formula is C11H20O3. The molecule has 0 aromatic rings. The van der Waals surface area contributed by atoms with Crippen molar-refractivity contribution in [1.82, 2.24) is 0 Å². The second-order valence-corrected chi connectivity index (χ2v) is 4.79. The predicted octanol–water partition coefficient (Wildman–Crippen LogP) is 1.81. The maximum Gasteiger partial charge on any atom is 0.155 e. The molecule has 0 spiro atoms. The van der Waals surface area contributed by atoms with E-state index in [0.717, 1.165) is 6.61 Å². The minimum Gasteiger partial charge on any atom is -0.373 e. The van der Waals surface area contributed by atoms with E-state index in [9.17, 15) is 0 Å². The molecule has 0 N–H and O–H groups in total. The van der Waals surface area contributed by atoms with Gasteiger partial charge in [-0.1, -0.05) is 13.8 Å². The van der Waals surface area contributed by atoms with Gasteiger partial charge in [0.05, 0.1) is 18.8 Å². The molecule has 0 aromatic carbocycles. The smallest absolute Gasteiger partial charge is 0.155 e. The van der Waals surface area contributed by atoms with Crippen molar-refractivity contribution in [2.75, 3.05) is 13.2 Å². The normalized spacial score (nSPS) is 54.0. The van der Waals surface area contributed by atoms with Crippen LogP contribution in [0, 0.1) is 11.8 Å². The van der Waals surface area contributed by atoms with Gasteiger partial charge in [-0.25, -0.2) is 0 Å². The van der Waals surface area contributed by atoms with Crippen LogP contribution in [0.5, 0.6) is 0 Å². The molecule has 2 saturated heterocycles. The maximum absolute atomic E-state index is 5.91. The Hall–Kier alpha value is -0.120. The van der Waals surface area contributed by atoms with Crippen LogP contribution in [0.3, 0.4) is 0 Å². The van der Waals surface area contributed by atoms with Crippen LogP contribution in [0.4, 0.5) is 0 Å². The van der Waals surface area contributed by atoms with Crippen LogP contribution < -0.4 is 0 Å². The van der Waals surface area contributed by atoms with E-state index >= 15 is 0 Å². The Kier molecular flexibility index (Phi) is 2.58. The molecule has 3 heteroatoms. The third-order valence-electron chi connectivity index (χ3n) is 3.86. The second-order valence-electron chi connectivity index (χ2n) is 4.79. The van der Waals surface area contributed by atoms with Crippen LogP contribution in [0.1, 0.15) is 27.7 Å². The minimum absolute atomic E-state index is 0.102. The summed E-state index contributed by atoms with van der Waals surface area (Å²) in [4.78, 5) is 0. The zero-order chi connectivity index (χ0) is 10.3. The SMILES string of the molecule is CC1OCC2OCC(C)C(C)C2(C)O1. The van der Waals surface area contributed by atoms with Crippen molar-refractivity contribution in [2.45, 2.75) is 45.7 Å². The van der Waals surface area contributed by atoms with Gasteiger partial charge in [-0.15, -0.1) is 0 Å². The van der Waals surface area contributed by atoms with Gasteiger partial charge in [0.15, 0.2) is 6.29 Å². The highest BCUT2D eigenvalue weighted by atomic mass is 16.7. The summed E-state index contributed by atoms with van der Waals surface area (Å²) in [6, 6.07) is 0. The average Bonchev–Trinajstić information content (AvgIpc) is 2.13. The van der Waals surface area contributed by atoms with Crippen LogP contribution >= 0.6 is 0 Å². The average molecular weight is 200 g/mol. The summed E-state index contributed by atoms with van der Waals surface area (Å²) in [7, 11) is 0. The Bertz CT molecular complexity index is 213. The minimum atomic E-state index is -0.171. The monoisotopic (exact) mass is 200 g/mol. The molecule has 5 atom stereocenters. The van der Waals surface area contributed by atoms with Gasteiger partial charge in [0, 0.05) is 0 Å². The van der Waals surface area contributed by atoms with Crippen molar-refractivity contribution in [3.05, 3.63) is 0 Å². The van der Waals surface area contributed by atoms with E-state index < -0.39 is 0 Å². The first-order chi connectivity index (χ1) is 6.54. The zero-order valence-corrected chi connectivity index (χ0v) is 9.45. The van der Waals surface area contributed by atoms with Crippen LogP contribution in [0.25, 0.3) is 0 Å². The van der Waals surface area contributed by atoms with Crippen LogP contribution in [-0.2, 0) is 14.2 Å². The highest BCUT2D eigenvalue weighted by molar-refractivity contribution is 4.97. The summed E-state index contributed by atoms with van der Waals surface area (Å²) in [5.41, 5.74) is -0.171. The molecule has 82 valence electrons. The van der Waals surface area contributed by atoms with E-state index in [1.54, 1.807) is 0 Å². The number of rotatable bonds is 0. The van der Waals surface area contributed by atoms with Crippen molar-refractivity contribution in [2.24, 2.45) is 11.8 Å². The van der Waals surface area contributed by atoms with Gasteiger partial charge >= 0.3 is 0 Å². The second kappa shape index (κ2) is 3.47. The van der Waals surface area contributed by atoms with Gasteiger partial charge in [0.2, 0.25) is 0 Å². The van der Waals surface area contributed by atoms with Crippen molar-refractivity contribution in [3.8, 4) is 0 Å². The first-order valence-corrected chi connectivity index (χ1v) is 5.45. The van der Waals surface area contributed by atoms with E-state index in [-0.39, 0.29) is 18.0 Å². The van der Waals surface area contributed by atoms with Crippen molar-refractivity contribution < 1.29 is 14.2 Å². The third-order valence-corrected chi connectivity index (χ3v) is 3.86. The van der Waals surface area contributed by atoms with Crippen molar-refractivity contribution >= 4 is 0 Å². The van der Waals surface area contributed by atoms with Crippen molar-refractivity contribution in [3.63, 3.8) is 0 Å². The lowest BCUT2D eigenvalue weighted by Gasteiger charge is -2.52. The Labute approximate surface area is 85.7 Å². The molecule has 5 unspecified atom stereocenters. The van der Waals surface area contributed by atoms with E-state index in [0.29, 0.717) is 18.4 Å². The van der Waals surface area contributed by atoms with E-state index in [1.165, 1.54) is 0 Å². The fraction of sp³-hybridized carbons (Fsp3) is 1.00. The Morgan fingerprint density at radius 3 is 2.50 bits per heavy atom. The molecular weight excluding hydrogens is 180 g/mol. The number of ether oxygens (including phenoxy) is 3. The fourth-order valence-electron chi connectivity index (χ4n) is 2.45. The Morgan fingerprint density at radius 2 is 1.79 bits per heavy atom. The highest BCUT2D eigenvalue weighted by Gasteiger charge is 2.50. The third kappa shape index (κ3) is 1.47. The van der Waals surface area contributed by atoms with Gasteiger partial charge in [-0.3, -0.25) is 0 Å². The molecule has 2 aliphatic rings. The standard InChI is InChI=1S/C11H20O3/c1-7-5-13-10-6-12-9(3)14-11(10,4)8(7)2/h7-10H,5-6H2,1-4H3. The summed E-state index contributed by atoms with van der Waals surface area (Å²) in [6.07, 6.45) is -0.00231. The largest absolute Gasteiger partial charge is 0.373 e. The molecule has 14 heavy (non-hydrogen) atoms. The molecule has 2 fully saturated rings. The Balaban J connectivity index is 2.18. The number of hydrogen-bond donors (Lipinski definition) is 0.